The fraction of sp³-hybridized carbons (Fsp3) is 0.308. The molecule has 2 aromatic rings. The van der Waals surface area contributed by atoms with Crippen molar-refractivity contribution in [2.24, 2.45) is 0 Å². The van der Waals surface area contributed by atoms with E-state index in [-0.39, 0.29) is 5.82 Å². The van der Waals surface area contributed by atoms with E-state index < -0.39 is 0 Å². The van der Waals surface area contributed by atoms with Crippen LogP contribution in [0.5, 0.6) is 0 Å². The molecule has 0 amide bonds. The van der Waals surface area contributed by atoms with Crippen molar-refractivity contribution in [3.8, 4) is 11.3 Å². The second kappa shape index (κ2) is 3.73. The van der Waals surface area contributed by atoms with Gasteiger partial charge in [0, 0.05) is 11.5 Å². The van der Waals surface area contributed by atoms with Crippen LogP contribution in [0.15, 0.2) is 18.2 Å². The van der Waals surface area contributed by atoms with Crippen molar-refractivity contribution in [2.45, 2.75) is 25.7 Å². The number of nitrogens with zero attached hydrogens (tertiary/aromatic N) is 2. The molecule has 0 aliphatic heterocycles. The van der Waals surface area contributed by atoms with E-state index >= 15 is 0 Å². The zero-order valence-electron chi connectivity index (χ0n) is 10.2. The highest BCUT2D eigenvalue weighted by atomic mass is 19.1. The predicted molar refractivity (Wildman–Crippen MR) is 68.9 cm³/mol. The minimum absolute atomic E-state index is 0.297. The summed E-state index contributed by atoms with van der Waals surface area (Å²) in [5.74, 6) is 7.20. The zero-order chi connectivity index (χ0) is 12.9. The molecule has 0 spiro atoms. The van der Waals surface area contributed by atoms with Crippen molar-refractivity contribution in [1.29, 1.82) is 0 Å². The van der Waals surface area contributed by atoms with Gasteiger partial charge in [-0.25, -0.2) is 14.1 Å². The fourth-order valence-corrected chi connectivity index (χ4v) is 2.14. The quantitative estimate of drug-likeness (QED) is 0.798. The molecule has 0 unspecified atom stereocenters. The first-order valence-electron chi connectivity index (χ1n) is 5.97. The summed E-state index contributed by atoms with van der Waals surface area (Å²) in [6, 6.07) is 4.59. The standard InChI is InChI=1S/C13H15FN4/c1-7-2-5-9(14)6-10(7)11-12(15)18(16)13(17-11)8-3-4-8/h2,5-6,8H,3-4,15-16H2,1H3. The van der Waals surface area contributed by atoms with Gasteiger partial charge >= 0.3 is 0 Å². The molecule has 4 nitrogen and oxygen atoms in total. The van der Waals surface area contributed by atoms with Gasteiger partial charge in [-0.1, -0.05) is 6.07 Å². The molecule has 1 aromatic heterocycles. The number of imidazole rings is 1. The van der Waals surface area contributed by atoms with Crippen molar-refractivity contribution < 1.29 is 4.39 Å². The predicted octanol–water partition coefficient (Wildman–Crippen LogP) is 2.17. The lowest BCUT2D eigenvalue weighted by atomic mass is 10.1. The van der Waals surface area contributed by atoms with Crippen LogP contribution >= 0.6 is 0 Å². The normalized spacial score (nSPS) is 15.0. The fourth-order valence-electron chi connectivity index (χ4n) is 2.14. The smallest absolute Gasteiger partial charge is 0.150 e. The van der Waals surface area contributed by atoms with Crippen molar-refractivity contribution in [3.63, 3.8) is 0 Å². The Morgan fingerprint density at radius 1 is 1.39 bits per heavy atom. The van der Waals surface area contributed by atoms with Crippen LogP contribution in [-0.2, 0) is 0 Å². The number of anilines is 1. The maximum Gasteiger partial charge on any atom is 0.150 e. The average molecular weight is 246 g/mol. The summed E-state index contributed by atoms with van der Waals surface area (Å²) in [4.78, 5) is 4.49. The summed E-state index contributed by atoms with van der Waals surface area (Å²) in [7, 11) is 0. The molecule has 18 heavy (non-hydrogen) atoms. The molecular formula is C13H15FN4. The van der Waals surface area contributed by atoms with E-state index in [2.05, 4.69) is 4.98 Å². The van der Waals surface area contributed by atoms with Gasteiger partial charge in [0.2, 0.25) is 0 Å². The number of aryl methyl sites for hydroxylation is 1. The Morgan fingerprint density at radius 2 is 2.11 bits per heavy atom. The second-order valence-electron chi connectivity index (χ2n) is 4.81. The monoisotopic (exact) mass is 246 g/mol. The topological polar surface area (TPSA) is 69.9 Å². The summed E-state index contributed by atoms with van der Waals surface area (Å²) in [6.45, 7) is 1.90. The van der Waals surface area contributed by atoms with E-state index in [1.165, 1.54) is 16.8 Å². The minimum atomic E-state index is -0.297. The van der Waals surface area contributed by atoms with Crippen molar-refractivity contribution in [1.82, 2.24) is 9.66 Å². The second-order valence-corrected chi connectivity index (χ2v) is 4.81. The van der Waals surface area contributed by atoms with E-state index in [0.717, 1.165) is 24.2 Å². The third-order valence-electron chi connectivity index (χ3n) is 3.37. The molecule has 1 fully saturated rings. The molecule has 1 aliphatic carbocycles. The summed E-state index contributed by atoms with van der Waals surface area (Å²) in [5.41, 5.74) is 8.19. The highest BCUT2D eigenvalue weighted by Crippen LogP contribution is 2.41. The summed E-state index contributed by atoms with van der Waals surface area (Å²) in [6.07, 6.45) is 2.18. The number of hydrogen-bond donors (Lipinski definition) is 2. The van der Waals surface area contributed by atoms with E-state index in [0.29, 0.717) is 23.0 Å². The Balaban J connectivity index is 2.16. The van der Waals surface area contributed by atoms with Gasteiger partial charge in [0.05, 0.1) is 0 Å². The largest absolute Gasteiger partial charge is 0.382 e. The number of aromatic nitrogens is 2. The number of benzene rings is 1. The SMILES string of the molecule is Cc1ccc(F)cc1-c1nc(C2CC2)n(N)c1N. The number of hydrogen-bond acceptors (Lipinski definition) is 3. The van der Waals surface area contributed by atoms with E-state index in [4.69, 9.17) is 11.6 Å². The van der Waals surface area contributed by atoms with Gasteiger partial charge in [-0.3, -0.25) is 0 Å². The van der Waals surface area contributed by atoms with Gasteiger partial charge in [0.15, 0.2) is 5.82 Å². The number of nitrogens with two attached hydrogens (primary N) is 2. The molecule has 0 bridgehead atoms. The molecule has 0 saturated heterocycles. The Hall–Kier alpha value is -2.04. The number of halogens is 1. The van der Waals surface area contributed by atoms with E-state index in [1.807, 2.05) is 6.92 Å². The van der Waals surface area contributed by atoms with Gasteiger partial charge in [-0.15, -0.1) is 0 Å². The van der Waals surface area contributed by atoms with Crippen molar-refractivity contribution in [2.75, 3.05) is 11.6 Å². The number of rotatable bonds is 2. The molecule has 1 aliphatic rings. The molecule has 1 saturated carbocycles. The average Bonchev–Trinajstić information content (AvgIpc) is 3.13. The van der Waals surface area contributed by atoms with Crippen LogP contribution in [0.2, 0.25) is 0 Å². The third kappa shape index (κ3) is 1.63. The minimum Gasteiger partial charge on any atom is -0.382 e. The van der Waals surface area contributed by atoms with Crippen LogP contribution in [-0.4, -0.2) is 9.66 Å². The van der Waals surface area contributed by atoms with E-state index in [1.54, 1.807) is 6.07 Å². The Morgan fingerprint density at radius 3 is 2.78 bits per heavy atom. The molecule has 1 aromatic carbocycles. The lowest BCUT2D eigenvalue weighted by molar-refractivity contribution is 0.628. The lowest BCUT2D eigenvalue weighted by Gasteiger charge is -2.04. The maximum absolute atomic E-state index is 13.3. The molecular weight excluding hydrogens is 231 g/mol. The Bertz CT molecular complexity index is 614. The van der Waals surface area contributed by atoms with Crippen LogP contribution in [0, 0.1) is 12.7 Å². The Labute approximate surface area is 104 Å². The molecule has 3 rings (SSSR count). The number of nitrogen functional groups attached to an aromatic ring is 2. The first-order chi connectivity index (χ1) is 8.58. The van der Waals surface area contributed by atoms with Gasteiger partial charge in [0.1, 0.15) is 17.3 Å². The van der Waals surface area contributed by atoms with Gasteiger partial charge in [0.25, 0.3) is 0 Å². The summed E-state index contributed by atoms with van der Waals surface area (Å²) < 4.78 is 14.8. The molecule has 1 heterocycles. The summed E-state index contributed by atoms with van der Waals surface area (Å²) >= 11 is 0. The molecule has 0 radical (unpaired) electrons. The van der Waals surface area contributed by atoms with Gasteiger partial charge < -0.3 is 11.6 Å². The van der Waals surface area contributed by atoms with Crippen LogP contribution in [0.25, 0.3) is 11.3 Å². The molecule has 4 N–H and O–H groups in total. The zero-order valence-corrected chi connectivity index (χ0v) is 10.2. The highest BCUT2D eigenvalue weighted by Gasteiger charge is 2.30. The first kappa shape index (κ1) is 11.1. The van der Waals surface area contributed by atoms with Crippen LogP contribution in [0.1, 0.15) is 30.1 Å². The van der Waals surface area contributed by atoms with Crippen LogP contribution in [0.3, 0.4) is 0 Å². The van der Waals surface area contributed by atoms with Crippen molar-refractivity contribution >= 4 is 5.82 Å². The molecule has 94 valence electrons. The summed E-state index contributed by atoms with van der Waals surface area (Å²) in [5, 5.41) is 0. The van der Waals surface area contributed by atoms with E-state index in [9.17, 15) is 4.39 Å². The lowest BCUT2D eigenvalue weighted by Crippen LogP contribution is -2.14. The first-order valence-corrected chi connectivity index (χ1v) is 5.97. The van der Waals surface area contributed by atoms with Crippen LogP contribution < -0.4 is 11.6 Å². The molecule has 5 heteroatoms. The van der Waals surface area contributed by atoms with Crippen LogP contribution in [0.4, 0.5) is 10.2 Å². The third-order valence-corrected chi connectivity index (χ3v) is 3.37. The molecule has 0 atom stereocenters. The van der Waals surface area contributed by atoms with Gasteiger partial charge in [-0.05, 0) is 37.5 Å². The van der Waals surface area contributed by atoms with Crippen molar-refractivity contribution in [3.05, 3.63) is 35.4 Å². The maximum atomic E-state index is 13.3. The Kier molecular flexibility index (Phi) is 2.29. The van der Waals surface area contributed by atoms with Gasteiger partial charge in [-0.2, -0.15) is 0 Å². The highest BCUT2D eigenvalue weighted by molar-refractivity contribution is 5.74.